The number of benzene rings is 2. The molecule has 9 heteroatoms. The molecule has 180 valence electrons. The fourth-order valence-electron chi connectivity index (χ4n) is 3.88. The number of amides is 1. The van der Waals surface area contributed by atoms with Crippen molar-refractivity contribution in [2.24, 2.45) is 0 Å². The monoisotopic (exact) mass is 502 g/mol. The summed E-state index contributed by atoms with van der Waals surface area (Å²) in [6.07, 6.45) is 0.719. The van der Waals surface area contributed by atoms with Crippen molar-refractivity contribution in [3.8, 4) is 11.5 Å². The van der Waals surface area contributed by atoms with Gasteiger partial charge in [0.2, 0.25) is 0 Å². The van der Waals surface area contributed by atoms with Crippen LogP contribution in [0.4, 0.5) is 5.00 Å². The Morgan fingerprint density at radius 3 is 2.44 bits per heavy atom. The maximum Gasteiger partial charge on any atom is 0.341 e. The fraction of sp³-hybridized carbons (Fsp3) is 0.280. The first-order chi connectivity index (χ1) is 16.1. The van der Waals surface area contributed by atoms with Crippen molar-refractivity contribution < 1.29 is 23.8 Å². The van der Waals surface area contributed by atoms with Gasteiger partial charge in [-0.3, -0.25) is 9.69 Å². The van der Waals surface area contributed by atoms with Crippen molar-refractivity contribution in [3.63, 3.8) is 0 Å². The average Bonchev–Trinajstić information content (AvgIpc) is 3.19. The summed E-state index contributed by atoms with van der Waals surface area (Å²) >= 11 is 1.42. The van der Waals surface area contributed by atoms with Crippen LogP contribution in [0.2, 0.25) is 0 Å². The van der Waals surface area contributed by atoms with Gasteiger partial charge >= 0.3 is 5.97 Å². The second kappa shape index (κ2) is 11.9. The average molecular weight is 503 g/mol. The van der Waals surface area contributed by atoms with Crippen LogP contribution in [0.3, 0.4) is 0 Å². The van der Waals surface area contributed by atoms with Crippen LogP contribution in [0.15, 0.2) is 54.6 Å². The van der Waals surface area contributed by atoms with E-state index in [0.717, 1.165) is 30.0 Å². The predicted molar refractivity (Wildman–Crippen MR) is 134 cm³/mol. The molecule has 3 aromatic rings. The molecule has 1 N–H and O–H groups in total. The van der Waals surface area contributed by atoms with Gasteiger partial charge < -0.3 is 19.5 Å². The zero-order valence-electron chi connectivity index (χ0n) is 19.0. The Hall–Kier alpha value is -3.07. The summed E-state index contributed by atoms with van der Waals surface area (Å²) in [4.78, 5) is 28.6. The van der Waals surface area contributed by atoms with E-state index in [1.807, 2.05) is 24.3 Å². The van der Waals surface area contributed by atoms with E-state index in [1.54, 1.807) is 25.3 Å². The Morgan fingerprint density at radius 2 is 1.74 bits per heavy atom. The molecule has 0 atom stereocenters. The lowest BCUT2D eigenvalue weighted by molar-refractivity contribution is -0.118. The summed E-state index contributed by atoms with van der Waals surface area (Å²) in [7, 11) is 2.90. The van der Waals surface area contributed by atoms with Crippen LogP contribution in [0.25, 0.3) is 0 Å². The number of thiophene rings is 1. The summed E-state index contributed by atoms with van der Waals surface area (Å²) in [5, 5.41) is 3.35. The van der Waals surface area contributed by atoms with Crippen molar-refractivity contribution in [2.75, 3.05) is 32.7 Å². The molecule has 0 aliphatic carbocycles. The smallest absolute Gasteiger partial charge is 0.341 e. The van der Waals surface area contributed by atoms with E-state index in [0.29, 0.717) is 28.6 Å². The van der Waals surface area contributed by atoms with Gasteiger partial charge in [-0.15, -0.1) is 23.7 Å². The van der Waals surface area contributed by atoms with Gasteiger partial charge in [0.1, 0.15) is 5.00 Å². The van der Waals surface area contributed by atoms with Crippen LogP contribution in [-0.2, 0) is 29.0 Å². The Kier molecular flexibility index (Phi) is 8.92. The molecule has 2 heterocycles. The van der Waals surface area contributed by atoms with Crippen molar-refractivity contribution >= 4 is 40.6 Å². The van der Waals surface area contributed by atoms with E-state index in [1.165, 1.54) is 24.0 Å². The molecule has 2 aromatic carbocycles. The third-order valence-electron chi connectivity index (χ3n) is 5.46. The Bertz CT molecular complexity index is 1140. The first-order valence-electron chi connectivity index (χ1n) is 10.6. The summed E-state index contributed by atoms with van der Waals surface area (Å²) in [5.74, 6) is 0.228. The number of methoxy groups -OCH3 is 2. The topological polar surface area (TPSA) is 77.1 Å². The first-order valence-corrected chi connectivity index (χ1v) is 11.5. The lowest BCUT2D eigenvalue weighted by Crippen LogP contribution is -2.29. The van der Waals surface area contributed by atoms with E-state index in [-0.39, 0.29) is 24.9 Å². The molecule has 0 fully saturated rings. The van der Waals surface area contributed by atoms with Crippen molar-refractivity contribution in [1.82, 2.24) is 4.90 Å². The van der Waals surface area contributed by atoms with Crippen LogP contribution < -0.4 is 14.8 Å². The van der Waals surface area contributed by atoms with Crippen LogP contribution >= 0.6 is 23.7 Å². The van der Waals surface area contributed by atoms with E-state index in [2.05, 4.69) is 22.3 Å². The number of carbonyl (C=O) groups excluding carboxylic acids is 2. The highest BCUT2D eigenvalue weighted by Gasteiger charge is 2.29. The second-order valence-corrected chi connectivity index (χ2v) is 8.74. The van der Waals surface area contributed by atoms with E-state index in [9.17, 15) is 9.59 Å². The van der Waals surface area contributed by atoms with Gasteiger partial charge in [-0.05, 0) is 29.7 Å². The maximum atomic E-state index is 12.6. The van der Waals surface area contributed by atoms with E-state index in [4.69, 9.17) is 14.2 Å². The third kappa shape index (κ3) is 5.88. The van der Waals surface area contributed by atoms with Gasteiger partial charge in [0.15, 0.2) is 18.1 Å². The Balaban J connectivity index is 0.00000324. The molecular formula is C25H27ClN2O5S. The highest BCUT2D eigenvalue weighted by atomic mass is 35.5. The Labute approximate surface area is 209 Å². The minimum atomic E-state index is -0.440. The number of nitrogens with zero attached hydrogens (tertiary/aromatic N) is 1. The van der Waals surface area contributed by atoms with Crippen LogP contribution in [0.1, 0.15) is 26.4 Å². The molecule has 0 saturated heterocycles. The zero-order valence-corrected chi connectivity index (χ0v) is 20.7. The van der Waals surface area contributed by atoms with Crippen LogP contribution in [-0.4, -0.2) is 44.1 Å². The minimum Gasteiger partial charge on any atom is -0.493 e. The molecule has 1 amide bonds. The van der Waals surface area contributed by atoms with Crippen molar-refractivity contribution in [2.45, 2.75) is 19.5 Å². The number of carbonyl (C=O) groups is 2. The van der Waals surface area contributed by atoms with Crippen LogP contribution in [0, 0.1) is 0 Å². The first kappa shape index (κ1) is 25.6. The highest BCUT2D eigenvalue weighted by Crippen LogP contribution is 2.38. The van der Waals surface area contributed by atoms with E-state index >= 15 is 0 Å². The quantitative estimate of drug-likeness (QED) is 0.456. The lowest BCUT2D eigenvalue weighted by atomic mass is 10.0. The third-order valence-corrected chi connectivity index (χ3v) is 6.59. The number of hydrogen-bond donors (Lipinski definition) is 1. The SMILES string of the molecule is COC(=O)c1c(NC(=O)COc2ccccc2OC)sc2c1CCN(Cc1ccccc1)C2.Cl. The summed E-state index contributed by atoms with van der Waals surface area (Å²) in [5.41, 5.74) is 2.65. The molecule has 1 aliphatic heterocycles. The second-order valence-electron chi connectivity index (χ2n) is 7.63. The molecule has 0 unspecified atom stereocenters. The molecule has 4 rings (SSSR count). The summed E-state index contributed by atoms with van der Waals surface area (Å²) in [6.45, 7) is 2.17. The van der Waals surface area contributed by atoms with Gasteiger partial charge in [-0.1, -0.05) is 42.5 Å². The number of ether oxygens (including phenoxy) is 3. The molecular weight excluding hydrogens is 476 g/mol. The summed E-state index contributed by atoms with van der Waals surface area (Å²) < 4.78 is 15.9. The van der Waals surface area contributed by atoms with Crippen molar-refractivity contribution in [1.29, 1.82) is 0 Å². The number of nitrogens with one attached hydrogen (secondary N) is 1. The van der Waals surface area contributed by atoms with Crippen LogP contribution in [0.5, 0.6) is 11.5 Å². The standard InChI is InChI=1S/C25H26N2O5S.ClH/c1-30-19-10-6-7-11-20(19)32-16-22(28)26-24-23(25(29)31-2)18-12-13-27(15-21(18)33-24)14-17-8-4-3-5-9-17;/h3-11H,12-16H2,1-2H3,(H,26,28);1H. The maximum absolute atomic E-state index is 12.6. The number of halogens is 1. The highest BCUT2D eigenvalue weighted by molar-refractivity contribution is 7.17. The van der Waals surface area contributed by atoms with Gasteiger partial charge in [0.05, 0.1) is 19.8 Å². The molecule has 0 saturated carbocycles. The Morgan fingerprint density at radius 1 is 1.03 bits per heavy atom. The predicted octanol–water partition coefficient (Wildman–Crippen LogP) is 4.54. The minimum absolute atomic E-state index is 0. The zero-order chi connectivity index (χ0) is 23.2. The molecule has 1 aromatic heterocycles. The number of fused-ring (bicyclic) bond motifs is 1. The normalized spacial score (nSPS) is 12.8. The number of anilines is 1. The summed E-state index contributed by atoms with van der Waals surface area (Å²) in [6, 6.07) is 17.4. The molecule has 0 bridgehead atoms. The lowest BCUT2D eigenvalue weighted by Gasteiger charge is -2.27. The molecule has 34 heavy (non-hydrogen) atoms. The van der Waals surface area contributed by atoms with Gasteiger partial charge in [0, 0.05) is 24.5 Å². The number of rotatable bonds is 8. The van der Waals surface area contributed by atoms with Crippen molar-refractivity contribution in [3.05, 3.63) is 76.2 Å². The molecule has 0 spiro atoms. The number of hydrogen-bond acceptors (Lipinski definition) is 7. The molecule has 0 radical (unpaired) electrons. The van der Waals surface area contributed by atoms with Gasteiger partial charge in [-0.2, -0.15) is 0 Å². The van der Waals surface area contributed by atoms with Gasteiger partial charge in [-0.25, -0.2) is 4.79 Å². The number of esters is 1. The number of para-hydroxylation sites is 2. The van der Waals surface area contributed by atoms with Gasteiger partial charge in [0.25, 0.3) is 5.91 Å². The largest absolute Gasteiger partial charge is 0.493 e. The molecule has 7 nitrogen and oxygen atoms in total. The fourth-order valence-corrected chi connectivity index (χ4v) is 5.18. The molecule has 1 aliphatic rings. The van der Waals surface area contributed by atoms with E-state index < -0.39 is 5.97 Å².